The number of rotatable bonds is 4. The zero-order valence-electron chi connectivity index (χ0n) is 10.8. The van der Waals surface area contributed by atoms with E-state index >= 15 is 0 Å². The zero-order chi connectivity index (χ0) is 13.8. The topological polar surface area (TPSA) is 75.6 Å². The third-order valence-corrected chi connectivity index (χ3v) is 3.25. The second-order valence-corrected chi connectivity index (χ2v) is 4.69. The van der Waals surface area contributed by atoms with Crippen LogP contribution in [0.5, 0.6) is 5.75 Å². The number of carbonyl (C=O) groups is 2. The van der Waals surface area contributed by atoms with Crippen molar-refractivity contribution in [3.05, 3.63) is 29.3 Å². The Morgan fingerprint density at radius 3 is 3.05 bits per heavy atom. The first-order valence-corrected chi connectivity index (χ1v) is 6.34. The average molecular weight is 263 g/mol. The van der Waals surface area contributed by atoms with E-state index in [4.69, 9.17) is 9.84 Å². The number of carboxylic acids is 1. The highest BCUT2D eigenvalue weighted by atomic mass is 16.5. The Labute approximate surface area is 111 Å². The number of ether oxygens (including phenoxy) is 1. The van der Waals surface area contributed by atoms with Crippen molar-refractivity contribution in [3.8, 4) is 5.75 Å². The van der Waals surface area contributed by atoms with E-state index in [-0.39, 0.29) is 18.2 Å². The molecular formula is C14H17NO4. The summed E-state index contributed by atoms with van der Waals surface area (Å²) in [5.41, 5.74) is 1.48. The van der Waals surface area contributed by atoms with Gasteiger partial charge in [0, 0.05) is 6.42 Å². The zero-order valence-corrected chi connectivity index (χ0v) is 10.8. The molecule has 1 unspecified atom stereocenters. The van der Waals surface area contributed by atoms with E-state index in [0.29, 0.717) is 30.9 Å². The number of fused-ring (bicyclic) bond motifs is 1. The van der Waals surface area contributed by atoms with E-state index in [9.17, 15) is 9.59 Å². The Morgan fingerprint density at radius 1 is 1.53 bits per heavy atom. The first kappa shape index (κ1) is 13.4. The van der Waals surface area contributed by atoms with Crippen LogP contribution in [0.2, 0.25) is 0 Å². The molecule has 0 saturated carbocycles. The fourth-order valence-corrected chi connectivity index (χ4v) is 2.08. The smallest absolute Gasteiger partial charge is 0.303 e. The molecule has 1 aromatic rings. The number of aliphatic carboxylic acids is 1. The maximum absolute atomic E-state index is 11.9. The molecule has 19 heavy (non-hydrogen) atoms. The van der Waals surface area contributed by atoms with Crippen molar-refractivity contribution in [3.63, 3.8) is 0 Å². The van der Waals surface area contributed by atoms with Gasteiger partial charge >= 0.3 is 5.97 Å². The molecule has 0 bridgehead atoms. The van der Waals surface area contributed by atoms with Gasteiger partial charge in [-0.3, -0.25) is 9.59 Å². The number of hydrogen-bond acceptors (Lipinski definition) is 3. The predicted octanol–water partition coefficient (Wildman–Crippen LogP) is 1.78. The standard InChI is InChI=1S/C14H17NO4/c1-9(2-5-13(16)17)10-3-4-12-11(8-10)14(18)15-6-7-19-12/h3-4,8-9H,2,5-7H2,1H3,(H,15,18)(H,16,17). The monoisotopic (exact) mass is 263 g/mol. The van der Waals surface area contributed by atoms with Gasteiger partial charge in [0.15, 0.2) is 0 Å². The lowest BCUT2D eigenvalue weighted by atomic mass is 9.94. The Balaban J connectivity index is 2.19. The molecule has 2 N–H and O–H groups in total. The van der Waals surface area contributed by atoms with Crippen molar-refractivity contribution < 1.29 is 19.4 Å². The van der Waals surface area contributed by atoms with Crippen LogP contribution in [0.3, 0.4) is 0 Å². The maximum Gasteiger partial charge on any atom is 0.303 e. The van der Waals surface area contributed by atoms with E-state index in [0.717, 1.165) is 5.56 Å². The van der Waals surface area contributed by atoms with Crippen molar-refractivity contribution in [2.24, 2.45) is 0 Å². The highest BCUT2D eigenvalue weighted by molar-refractivity contribution is 5.97. The third-order valence-electron chi connectivity index (χ3n) is 3.25. The minimum absolute atomic E-state index is 0.0949. The van der Waals surface area contributed by atoms with Gasteiger partial charge in [-0.25, -0.2) is 0 Å². The number of nitrogens with one attached hydrogen (secondary N) is 1. The minimum Gasteiger partial charge on any atom is -0.491 e. The van der Waals surface area contributed by atoms with Crippen LogP contribution in [0.4, 0.5) is 0 Å². The van der Waals surface area contributed by atoms with E-state index in [2.05, 4.69) is 5.32 Å². The molecular weight excluding hydrogens is 246 g/mol. The van der Waals surface area contributed by atoms with Crippen LogP contribution in [0.1, 0.15) is 41.6 Å². The highest BCUT2D eigenvalue weighted by Crippen LogP contribution is 2.27. The molecule has 1 heterocycles. The molecule has 2 rings (SSSR count). The van der Waals surface area contributed by atoms with Crippen molar-refractivity contribution in [1.82, 2.24) is 5.32 Å². The Kier molecular flexibility index (Phi) is 4.04. The average Bonchev–Trinajstić information content (AvgIpc) is 2.58. The summed E-state index contributed by atoms with van der Waals surface area (Å²) in [6.07, 6.45) is 0.678. The van der Waals surface area contributed by atoms with Crippen molar-refractivity contribution in [1.29, 1.82) is 0 Å². The van der Waals surface area contributed by atoms with Crippen LogP contribution in [0.15, 0.2) is 18.2 Å². The molecule has 0 saturated heterocycles. The molecule has 0 radical (unpaired) electrons. The maximum atomic E-state index is 11.9. The lowest BCUT2D eigenvalue weighted by molar-refractivity contribution is -0.137. The van der Waals surface area contributed by atoms with Gasteiger partial charge in [-0.15, -0.1) is 0 Å². The van der Waals surface area contributed by atoms with Crippen molar-refractivity contribution >= 4 is 11.9 Å². The quantitative estimate of drug-likeness (QED) is 0.868. The molecule has 0 aromatic heterocycles. The first-order chi connectivity index (χ1) is 9.08. The predicted molar refractivity (Wildman–Crippen MR) is 69.6 cm³/mol. The van der Waals surface area contributed by atoms with Crippen molar-refractivity contribution in [2.45, 2.75) is 25.7 Å². The third kappa shape index (κ3) is 3.24. The van der Waals surface area contributed by atoms with Gasteiger partial charge in [0.25, 0.3) is 5.91 Å². The second kappa shape index (κ2) is 5.73. The van der Waals surface area contributed by atoms with E-state index in [1.165, 1.54) is 0 Å². The second-order valence-electron chi connectivity index (χ2n) is 4.69. The van der Waals surface area contributed by atoms with Gasteiger partial charge < -0.3 is 15.2 Å². The Bertz CT molecular complexity index is 498. The molecule has 1 atom stereocenters. The van der Waals surface area contributed by atoms with Gasteiger partial charge in [0.1, 0.15) is 12.4 Å². The first-order valence-electron chi connectivity index (χ1n) is 6.34. The summed E-state index contributed by atoms with van der Waals surface area (Å²) in [5, 5.41) is 11.5. The molecule has 0 aliphatic carbocycles. The van der Waals surface area contributed by atoms with Crippen LogP contribution >= 0.6 is 0 Å². The van der Waals surface area contributed by atoms with Crippen LogP contribution in [-0.2, 0) is 4.79 Å². The normalized spacial score (nSPS) is 15.7. The summed E-state index contributed by atoms with van der Waals surface area (Å²) in [4.78, 5) is 22.4. The van der Waals surface area contributed by atoms with Gasteiger partial charge in [0.05, 0.1) is 12.1 Å². The van der Waals surface area contributed by atoms with Gasteiger partial charge in [-0.1, -0.05) is 13.0 Å². The summed E-state index contributed by atoms with van der Waals surface area (Å²) in [6, 6.07) is 5.47. The molecule has 5 heteroatoms. The summed E-state index contributed by atoms with van der Waals surface area (Å²) in [5.74, 6) is -0.260. The highest BCUT2D eigenvalue weighted by Gasteiger charge is 2.18. The summed E-state index contributed by atoms with van der Waals surface area (Å²) < 4.78 is 5.47. The lowest BCUT2D eigenvalue weighted by Crippen LogP contribution is -2.24. The van der Waals surface area contributed by atoms with Gasteiger partial charge in [-0.05, 0) is 30.0 Å². The number of benzene rings is 1. The largest absolute Gasteiger partial charge is 0.491 e. The van der Waals surface area contributed by atoms with Crippen LogP contribution in [0, 0.1) is 0 Å². The molecule has 5 nitrogen and oxygen atoms in total. The molecule has 1 aromatic carbocycles. The summed E-state index contributed by atoms with van der Waals surface area (Å²) >= 11 is 0. The minimum atomic E-state index is -0.803. The fraction of sp³-hybridized carbons (Fsp3) is 0.429. The Hall–Kier alpha value is -2.04. The molecule has 102 valence electrons. The van der Waals surface area contributed by atoms with Crippen molar-refractivity contribution in [2.75, 3.05) is 13.2 Å². The number of hydrogen-bond donors (Lipinski definition) is 2. The van der Waals surface area contributed by atoms with Crippen LogP contribution in [0.25, 0.3) is 0 Å². The number of amides is 1. The van der Waals surface area contributed by atoms with E-state index < -0.39 is 5.97 Å². The molecule has 0 fully saturated rings. The fourth-order valence-electron chi connectivity index (χ4n) is 2.08. The number of carbonyl (C=O) groups excluding carboxylic acids is 1. The van der Waals surface area contributed by atoms with Crippen LogP contribution in [-0.4, -0.2) is 30.1 Å². The van der Waals surface area contributed by atoms with E-state index in [1.807, 2.05) is 13.0 Å². The van der Waals surface area contributed by atoms with Crippen LogP contribution < -0.4 is 10.1 Å². The summed E-state index contributed by atoms with van der Waals surface area (Å²) in [7, 11) is 0. The molecule has 1 amide bonds. The lowest BCUT2D eigenvalue weighted by Gasteiger charge is -2.13. The Morgan fingerprint density at radius 2 is 2.32 bits per heavy atom. The van der Waals surface area contributed by atoms with Gasteiger partial charge in [-0.2, -0.15) is 0 Å². The number of carboxylic acid groups (broad SMARTS) is 1. The van der Waals surface area contributed by atoms with Gasteiger partial charge in [0.2, 0.25) is 0 Å². The molecule has 0 spiro atoms. The summed E-state index contributed by atoms with van der Waals surface area (Å²) in [6.45, 7) is 2.92. The molecule has 1 aliphatic heterocycles. The molecule has 1 aliphatic rings. The SMILES string of the molecule is CC(CCC(=O)O)c1ccc2c(c1)C(=O)NCCO2. The van der Waals surface area contributed by atoms with E-state index in [1.54, 1.807) is 12.1 Å².